The van der Waals surface area contributed by atoms with Crippen molar-refractivity contribution in [2.45, 2.75) is 24.3 Å². The van der Waals surface area contributed by atoms with E-state index >= 15 is 0 Å². The maximum atomic E-state index is 13.3. The van der Waals surface area contributed by atoms with Crippen LogP contribution < -0.4 is 10.1 Å². The van der Waals surface area contributed by atoms with Crippen molar-refractivity contribution in [2.75, 3.05) is 32.1 Å². The minimum Gasteiger partial charge on any atom is -0.495 e. The van der Waals surface area contributed by atoms with E-state index < -0.39 is 21.8 Å². The molecule has 0 bridgehead atoms. The molecule has 1 aliphatic rings. The van der Waals surface area contributed by atoms with Crippen molar-refractivity contribution in [1.29, 1.82) is 0 Å². The second-order valence-corrected chi connectivity index (χ2v) is 10.1. The minimum atomic E-state index is -3.59. The molecule has 10 heteroatoms. The molecule has 184 valence electrons. The highest BCUT2D eigenvalue weighted by molar-refractivity contribution is 7.89. The van der Waals surface area contributed by atoms with Crippen LogP contribution in [0.15, 0.2) is 76.2 Å². The van der Waals surface area contributed by atoms with Crippen LogP contribution in [-0.4, -0.2) is 56.2 Å². The molecule has 1 N–H and O–H groups in total. The summed E-state index contributed by atoms with van der Waals surface area (Å²) in [5.41, 5.74) is 0.754. The Morgan fingerprint density at radius 1 is 1.03 bits per heavy atom. The minimum absolute atomic E-state index is 0.0685. The Labute approximate surface area is 204 Å². The van der Waals surface area contributed by atoms with Crippen molar-refractivity contribution in [3.05, 3.63) is 78.3 Å². The van der Waals surface area contributed by atoms with E-state index in [-0.39, 0.29) is 23.5 Å². The van der Waals surface area contributed by atoms with Crippen LogP contribution in [0.2, 0.25) is 0 Å². The van der Waals surface area contributed by atoms with Crippen LogP contribution in [0.25, 0.3) is 0 Å². The molecule has 0 saturated carbocycles. The van der Waals surface area contributed by atoms with E-state index in [4.69, 9.17) is 9.15 Å². The van der Waals surface area contributed by atoms with Crippen LogP contribution in [0, 0.1) is 0 Å². The molecule has 9 nitrogen and oxygen atoms in total. The molecule has 2 amide bonds. The Balaban J connectivity index is 1.52. The summed E-state index contributed by atoms with van der Waals surface area (Å²) in [6.07, 6.45) is 3.17. The summed E-state index contributed by atoms with van der Waals surface area (Å²) >= 11 is 0. The summed E-state index contributed by atoms with van der Waals surface area (Å²) in [6.45, 7) is 0.826. The SMILES string of the molecule is COc1ccccc1NC(=O)CN(Cc1ccco1)C(=O)c1ccc(S(=O)(=O)N2CCCC2)cc1. The number of rotatable bonds is 9. The quantitative estimate of drug-likeness (QED) is 0.486. The molecule has 1 aliphatic heterocycles. The number of amides is 2. The maximum absolute atomic E-state index is 13.3. The van der Waals surface area contributed by atoms with Crippen LogP contribution in [0.5, 0.6) is 5.75 Å². The molecule has 2 heterocycles. The van der Waals surface area contributed by atoms with Gasteiger partial charge in [-0.05, 0) is 61.4 Å². The Kier molecular flexibility index (Phi) is 7.52. The average Bonchev–Trinajstić information content (AvgIpc) is 3.59. The standard InChI is InChI=1S/C25H27N3O6S/c1-33-23-9-3-2-8-22(23)26-24(29)18-27(17-20-7-6-16-34-20)25(30)19-10-12-21(13-11-19)35(31,32)28-14-4-5-15-28/h2-3,6-13,16H,4-5,14-15,17-18H2,1H3,(H,26,29). The molecule has 0 radical (unpaired) electrons. The summed E-state index contributed by atoms with van der Waals surface area (Å²) in [4.78, 5) is 27.6. The monoisotopic (exact) mass is 497 g/mol. The van der Waals surface area contributed by atoms with Gasteiger partial charge in [0, 0.05) is 18.7 Å². The third-order valence-corrected chi connectivity index (χ3v) is 7.65. The molecule has 1 aromatic heterocycles. The molecule has 4 rings (SSSR count). The topological polar surface area (TPSA) is 109 Å². The van der Waals surface area contributed by atoms with Gasteiger partial charge in [0.2, 0.25) is 15.9 Å². The molecule has 1 saturated heterocycles. The summed E-state index contributed by atoms with van der Waals surface area (Å²) in [7, 11) is -2.08. The van der Waals surface area contributed by atoms with Crippen LogP contribution in [0.1, 0.15) is 29.0 Å². The lowest BCUT2D eigenvalue weighted by atomic mass is 10.2. The number of hydrogen-bond donors (Lipinski definition) is 1. The van der Waals surface area contributed by atoms with E-state index in [2.05, 4.69) is 5.32 Å². The van der Waals surface area contributed by atoms with E-state index in [9.17, 15) is 18.0 Å². The van der Waals surface area contributed by atoms with Gasteiger partial charge < -0.3 is 19.4 Å². The lowest BCUT2D eigenvalue weighted by molar-refractivity contribution is -0.117. The predicted octanol–water partition coefficient (Wildman–Crippen LogP) is 3.35. The first-order valence-electron chi connectivity index (χ1n) is 11.2. The van der Waals surface area contributed by atoms with Crippen molar-refractivity contribution >= 4 is 27.5 Å². The number of sulfonamides is 1. The summed E-state index contributed by atoms with van der Waals surface area (Å²) in [5, 5.41) is 2.76. The zero-order valence-electron chi connectivity index (χ0n) is 19.3. The predicted molar refractivity (Wildman–Crippen MR) is 130 cm³/mol. The number of furan rings is 1. The largest absolute Gasteiger partial charge is 0.495 e. The number of anilines is 1. The van der Waals surface area contributed by atoms with Gasteiger partial charge in [0.05, 0.1) is 30.5 Å². The maximum Gasteiger partial charge on any atom is 0.254 e. The highest BCUT2D eigenvalue weighted by Crippen LogP contribution is 2.24. The Morgan fingerprint density at radius 3 is 2.40 bits per heavy atom. The molecule has 0 spiro atoms. The number of nitrogens with zero attached hydrogens (tertiary/aromatic N) is 2. The van der Waals surface area contributed by atoms with Gasteiger partial charge in [0.1, 0.15) is 18.1 Å². The number of carbonyl (C=O) groups excluding carboxylic acids is 2. The number of hydrogen-bond acceptors (Lipinski definition) is 6. The normalized spacial score (nSPS) is 14.0. The molecule has 3 aromatic rings. The smallest absolute Gasteiger partial charge is 0.254 e. The molecule has 0 aliphatic carbocycles. The van der Waals surface area contributed by atoms with Crippen LogP contribution in [0.4, 0.5) is 5.69 Å². The van der Waals surface area contributed by atoms with Crippen molar-refractivity contribution in [1.82, 2.24) is 9.21 Å². The third-order valence-electron chi connectivity index (χ3n) is 5.73. The zero-order valence-corrected chi connectivity index (χ0v) is 20.2. The summed E-state index contributed by atoms with van der Waals surface area (Å²) in [5.74, 6) is 0.167. The third kappa shape index (κ3) is 5.72. The number of ether oxygens (including phenoxy) is 1. The summed E-state index contributed by atoms with van der Waals surface area (Å²) in [6, 6.07) is 16.2. The Hall–Kier alpha value is -3.63. The van der Waals surface area contributed by atoms with Gasteiger partial charge in [-0.15, -0.1) is 0 Å². The fourth-order valence-electron chi connectivity index (χ4n) is 3.93. The molecule has 2 aromatic carbocycles. The molecular weight excluding hydrogens is 470 g/mol. The van der Waals surface area contributed by atoms with E-state index in [1.165, 1.54) is 46.8 Å². The van der Waals surface area contributed by atoms with E-state index in [0.29, 0.717) is 30.3 Å². The Morgan fingerprint density at radius 2 is 1.74 bits per heavy atom. The second kappa shape index (κ2) is 10.7. The fourth-order valence-corrected chi connectivity index (χ4v) is 5.45. The van der Waals surface area contributed by atoms with Gasteiger partial charge in [0.25, 0.3) is 5.91 Å². The van der Waals surface area contributed by atoms with Gasteiger partial charge >= 0.3 is 0 Å². The molecule has 1 fully saturated rings. The van der Waals surface area contributed by atoms with Crippen molar-refractivity contribution in [3.63, 3.8) is 0 Å². The van der Waals surface area contributed by atoms with Crippen molar-refractivity contribution < 1.29 is 27.2 Å². The summed E-state index contributed by atoms with van der Waals surface area (Å²) < 4.78 is 37.7. The highest BCUT2D eigenvalue weighted by atomic mass is 32.2. The number of methoxy groups -OCH3 is 1. The lowest BCUT2D eigenvalue weighted by Crippen LogP contribution is -2.37. The first-order valence-corrected chi connectivity index (χ1v) is 12.7. The van der Waals surface area contributed by atoms with Gasteiger partial charge in [-0.3, -0.25) is 9.59 Å². The molecule has 0 atom stereocenters. The molecule has 0 unspecified atom stereocenters. The van der Waals surface area contributed by atoms with Crippen molar-refractivity contribution in [3.8, 4) is 5.75 Å². The van der Waals surface area contributed by atoms with E-state index in [0.717, 1.165) is 12.8 Å². The zero-order chi connectivity index (χ0) is 24.8. The van der Waals surface area contributed by atoms with Gasteiger partial charge in [-0.25, -0.2) is 8.42 Å². The number of nitrogens with one attached hydrogen (secondary N) is 1. The van der Waals surface area contributed by atoms with Crippen molar-refractivity contribution in [2.24, 2.45) is 0 Å². The average molecular weight is 498 g/mol. The van der Waals surface area contributed by atoms with Gasteiger partial charge in [-0.2, -0.15) is 4.31 Å². The van der Waals surface area contributed by atoms with Gasteiger partial charge in [0.15, 0.2) is 0 Å². The first-order chi connectivity index (χ1) is 16.9. The molecule has 35 heavy (non-hydrogen) atoms. The number of para-hydroxylation sites is 2. The fraction of sp³-hybridized carbons (Fsp3) is 0.280. The number of carbonyl (C=O) groups is 2. The molecular formula is C25H27N3O6S. The van der Waals surface area contributed by atoms with Crippen LogP contribution >= 0.6 is 0 Å². The number of benzene rings is 2. The Bertz CT molecular complexity index is 1270. The second-order valence-electron chi connectivity index (χ2n) is 8.12. The van der Waals surface area contributed by atoms with E-state index in [1.54, 1.807) is 36.4 Å². The van der Waals surface area contributed by atoms with Crippen LogP contribution in [-0.2, 0) is 21.4 Å². The lowest BCUT2D eigenvalue weighted by Gasteiger charge is -2.22. The van der Waals surface area contributed by atoms with E-state index in [1.807, 2.05) is 0 Å². The first kappa shape index (κ1) is 24.5. The van der Waals surface area contributed by atoms with Crippen LogP contribution in [0.3, 0.4) is 0 Å². The highest BCUT2D eigenvalue weighted by Gasteiger charge is 2.28. The van der Waals surface area contributed by atoms with Gasteiger partial charge in [-0.1, -0.05) is 12.1 Å².